The van der Waals surface area contributed by atoms with Gasteiger partial charge >= 0.3 is 0 Å². The molecule has 1 amide bonds. The van der Waals surface area contributed by atoms with Gasteiger partial charge in [-0.1, -0.05) is 32.6 Å². The number of nitrogens with one attached hydrogen (secondary N) is 2. The van der Waals surface area contributed by atoms with Gasteiger partial charge in [-0.2, -0.15) is 0 Å². The number of likely N-dealkylation sites (N-methyl/N-ethyl adjacent to an activating group) is 1. The Kier molecular flexibility index (Phi) is 5.60. The van der Waals surface area contributed by atoms with Gasteiger partial charge in [0.15, 0.2) is 0 Å². The van der Waals surface area contributed by atoms with Crippen LogP contribution in [0.2, 0.25) is 0 Å². The van der Waals surface area contributed by atoms with Crippen molar-refractivity contribution < 1.29 is 4.79 Å². The van der Waals surface area contributed by atoms with E-state index in [2.05, 4.69) is 10.6 Å². The number of carbonyl (C=O) groups is 1. The Balaban J connectivity index is 1.94. The minimum Gasteiger partial charge on any atom is -0.355 e. The van der Waals surface area contributed by atoms with E-state index in [1.165, 1.54) is 25.7 Å². The summed E-state index contributed by atoms with van der Waals surface area (Å²) in [5.74, 6) is 0.999. The van der Waals surface area contributed by atoms with Crippen LogP contribution < -0.4 is 10.6 Å². The Labute approximate surface area is 86.6 Å². The molecule has 1 fully saturated rings. The van der Waals surface area contributed by atoms with E-state index in [-0.39, 0.29) is 5.91 Å². The molecule has 1 aliphatic carbocycles. The number of hydrogen-bond donors (Lipinski definition) is 2. The lowest BCUT2D eigenvalue weighted by Crippen LogP contribution is -2.34. The molecular weight excluding hydrogens is 176 g/mol. The Morgan fingerprint density at radius 1 is 1.36 bits per heavy atom. The highest BCUT2D eigenvalue weighted by Crippen LogP contribution is 2.26. The van der Waals surface area contributed by atoms with E-state index in [1.807, 2.05) is 6.92 Å². The topological polar surface area (TPSA) is 41.1 Å². The molecule has 0 aromatic heterocycles. The van der Waals surface area contributed by atoms with Crippen molar-refractivity contribution in [2.75, 3.05) is 19.6 Å². The molecule has 1 aliphatic rings. The van der Waals surface area contributed by atoms with E-state index >= 15 is 0 Å². The van der Waals surface area contributed by atoms with Gasteiger partial charge in [0.25, 0.3) is 0 Å². The molecule has 0 aromatic carbocycles. The second kappa shape index (κ2) is 6.82. The standard InChI is InChI=1S/C11H22N2O/c1-2-12-9-11(14)13-8-7-10-5-3-4-6-10/h10,12H,2-9H2,1H3,(H,13,14). The molecule has 1 rings (SSSR count). The molecule has 0 unspecified atom stereocenters. The fourth-order valence-electron chi connectivity index (χ4n) is 2.02. The van der Waals surface area contributed by atoms with E-state index in [1.54, 1.807) is 0 Å². The Morgan fingerprint density at radius 2 is 2.07 bits per heavy atom. The molecular formula is C11H22N2O. The summed E-state index contributed by atoms with van der Waals surface area (Å²) >= 11 is 0. The first-order chi connectivity index (χ1) is 6.83. The van der Waals surface area contributed by atoms with E-state index in [4.69, 9.17) is 0 Å². The Bertz CT molecular complexity index is 165. The Morgan fingerprint density at radius 3 is 2.71 bits per heavy atom. The average molecular weight is 198 g/mol. The van der Waals surface area contributed by atoms with Crippen molar-refractivity contribution in [2.24, 2.45) is 5.92 Å². The van der Waals surface area contributed by atoms with Gasteiger partial charge in [0.05, 0.1) is 6.54 Å². The zero-order valence-corrected chi connectivity index (χ0v) is 9.14. The molecule has 0 radical (unpaired) electrons. The Hall–Kier alpha value is -0.570. The maximum absolute atomic E-state index is 11.2. The molecule has 0 bridgehead atoms. The molecule has 0 spiro atoms. The minimum absolute atomic E-state index is 0.129. The van der Waals surface area contributed by atoms with Gasteiger partial charge in [-0.3, -0.25) is 4.79 Å². The van der Waals surface area contributed by atoms with Crippen LogP contribution in [0.15, 0.2) is 0 Å². The van der Waals surface area contributed by atoms with Crippen LogP contribution >= 0.6 is 0 Å². The molecule has 14 heavy (non-hydrogen) atoms. The predicted octanol–water partition coefficient (Wildman–Crippen LogP) is 1.29. The third-order valence-corrected chi connectivity index (χ3v) is 2.89. The lowest BCUT2D eigenvalue weighted by atomic mass is 10.0. The molecule has 1 saturated carbocycles. The van der Waals surface area contributed by atoms with Crippen LogP contribution in [-0.2, 0) is 4.79 Å². The van der Waals surface area contributed by atoms with Gasteiger partial charge in [0, 0.05) is 6.54 Å². The summed E-state index contributed by atoms with van der Waals surface area (Å²) in [7, 11) is 0. The first-order valence-corrected chi connectivity index (χ1v) is 5.80. The van der Waals surface area contributed by atoms with Crippen LogP contribution in [0.1, 0.15) is 39.0 Å². The second-order valence-electron chi connectivity index (χ2n) is 4.07. The summed E-state index contributed by atoms with van der Waals surface area (Å²) in [4.78, 5) is 11.2. The van der Waals surface area contributed by atoms with Gasteiger partial charge < -0.3 is 10.6 Å². The molecule has 3 heteroatoms. The molecule has 0 saturated heterocycles. The zero-order chi connectivity index (χ0) is 10.2. The van der Waals surface area contributed by atoms with E-state index in [0.29, 0.717) is 6.54 Å². The summed E-state index contributed by atoms with van der Waals surface area (Å²) in [5, 5.41) is 5.96. The van der Waals surface area contributed by atoms with Crippen molar-refractivity contribution in [3.63, 3.8) is 0 Å². The van der Waals surface area contributed by atoms with Crippen molar-refractivity contribution >= 4 is 5.91 Å². The average Bonchev–Trinajstić information content (AvgIpc) is 2.67. The van der Waals surface area contributed by atoms with Crippen LogP contribution in [0.25, 0.3) is 0 Å². The van der Waals surface area contributed by atoms with E-state index < -0.39 is 0 Å². The molecule has 0 heterocycles. The maximum Gasteiger partial charge on any atom is 0.233 e. The monoisotopic (exact) mass is 198 g/mol. The fraction of sp³-hybridized carbons (Fsp3) is 0.909. The van der Waals surface area contributed by atoms with Crippen molar-refractivity contribution in [1.82, 2.24) is 10.6 Å². The first-order valence-electron chi connectivity index (χ1n) is 5.80. The quantitative estimate of drug-likeness (QED) is 0.675. The smallest absolute Gasteiger partial charge is 0.233 e. The third-order valence-electron chi connectivity index (χ3n) is 2.89. The number of rotatable bonds is 6. The molecule has 0 aromatic rings. The van der Waals surface area contributed by atoms with Gasteiger partial charge in [0.1, 0.15) is 0 Å². The first kappa shape index (κ1) is 11.5. The highest BCUT2D eigenvalue weighted by Gasteiger charge is 2.14. The summed E-state index contributed by atoms with van der Waals surface area (Å²) in [5.41, 5.74) is 0. The molecule has 0 aliphatic heterocycles. The van der Waals surface area contributed by atoms with Crippen molar-refractivity contribution in [1.29, 1.82) is 0 Å². The third kappa shape index (κ3) is 4.61. The molecule has 3 nitrogen and oxygen atoms in total. The zero-order valence-electron chi connectivity index (χ0n) is 9.14. The lowest BCUT2D eigenvalue weighted by Gasteiger charge is -2.09. The van der Waals surface area contributed by atoms with Crippen molar-refractivity contribution in [3.8, 4) is 0 Å². The number of hydrogen-bond acceptors (Lipinski definition) is 2. The van der Waals surface area contributed by atoms with Crippen LogP contribution in [-0.4, -0.2) is 25.5 Å². The van der Waals surface area contributed by atoms with Crippen LogP contribution in [0.4, 0.5) is 0 Å². The van der Waals surface area contributed by atoms with Crippen LogP contribution in [0, 0.1) is 5.92 Å². The fourth-order valence-corrected chi connectivity index (χ4v) is 2.02. The van der Waals surface area contributed by atoms with E-state index in [9.17, 15) is 4.79 Å². The van der Waals surface area contributed by atoms with Crippen LogP contribution in [0.3, 0.4) is 0 Å². The van der Waals surface area contributed by atoms with E-state index in [0.717, 1.165) is 25.4 Å². The van der Waals surface area contributed by atoms with Crippen LogP contribution in [0.5, 0.6) is 0 Å². The van der Waals surface area contributed by atoms with Gasteiger partial charge in [-0.25, -0.2) is 0 Å². The predicted molar refractivity (Wildman–Crippen MR) is 58.1 cm³/mol. The lowest BCUT2D eigenvalue weighted by molar-refractivity contribution is -0.120. The summed E-state index contributed by atoms with van der Waals surface area (Å²) in [6.45, 7) is 4.18. The second-order valence-corrected chi connectivity index (χ2v) is 4.07. The molecule has 2 N–H and O–H groups in total. The summed E-state index contributed by atoms with van der Waals surface area (Å²) in [6.07, 6.45) is 6.66. The highest BCUT2D eigenvalue weighted by molar-refractivity contribution is 5.77. The van der Waals surface area contributed by atoms with Crippen molar-refractivity contribution in [3.05, 3.63) is 0 Å². The van der Waals surface area contributed by atoms with Gasteiger partial charge in [-0.05, 0) is 18.9 Å². The number of amides is 1. The number of carbonyl (C=O) groups excluding carboxylic acids is 1. The highest BCUT2D eigenvalue weighted by atomic mass is 16.1. The van der Waals surface area contributed by atoms with Crippen molar-refractivity contribution in [2.45, 2.75) is 39.0 Å². The minimum atomic E-state index is 0.129. The maximum atomic E-state index is 11.2. The largest absolute Gasteiger partial charge is 0.355 e. The summed E-state index contributed by atoms with van der Waals surface area (Å²) in [6, 6.07) is 0. The molecule has 82 valence electrons. The normalized spacial score (nSPS) is 17.2. The summed E-state index contributed by atoms with van der Waals surface area (Å²) < 4.78 is 0. The molecule has 0 atom stereocenters. The van der Waals surface area contributed by atoms with Gasteiger partial charge in [-0.15, -0.1) is 0 Å². The van der Waals surface area contributed by atoms with Gasteiger partial charge in [0.2, 0.25) is 5.91 Å². The SMILES string of the molecule is CCNCC(=O)NCCC1CCCC1.